The number of carbonyl (C=O) groups is 1. The second kappa shape index (κ2) is 8.59. The molecular formula is C14H24F2N2O4. The second-order valence-electron chi connectivity index (χ2n) is 5.58. The van der Waals surface area contributed by atoms with Crippen molar-refractivity contribution in [2.75, 3.05) is 32.9 Å². The van der Waals surface area contributed by atoms with Crippen LogP contribution in [0, 0.1) is 0 Å². The molecule has 1 aliphatic carbocycles. The smallest absolute Gasteiger partial charge is 0.345 e. The van der Waals surface area contributed by atoms with Crippen LogP contribution in [0.15, 0.2) is 0 Å². The number of amides is 2. The molecule has 0 radical (unpaired) electrons. The van der Waals surface area contributed by atoms with Crippen molar-refractivity contribution >= 4 is 6.03 Å². The minimum absolute atomic E-state index is 0.107. The number of carbonyl (C=O) groups excluding carboxylic acids is 1. The third-order valence-corrected chi connectivity index (χ3v) is 3.94. The fourth-order valence-corrected chi connectivity index (χ4v) is 2.86. The largest absolute Gasteiger partial charge is 0.379 e. The molecule has 1 heterocycles. The molecule has 1 aliphatic heterocycles. The SMILES string of the molecule is CCOCC1CN(C(=O)NC2CCC(OC(F)F)C2)CCO1. The van der Waals surface area contributed by atoms with Gasteiger partial charge in [-0.3, -0.25) is 0 Å². The van der Waals surface area contributed by atoms with Crippen molar-refractivity contribution in [3.63, 3.8) is 0 Å². The first-order valence-corrected chi connectivity index (χ1v) is 7.77. The number of morpholine rings is 1. The second-order valence-corrected chi connectivity index (χ2v) is 5.58. The van der Waals surface area contributed by atoms with Crippen LogP contribution in [0.2, 0.25) is 0 Å². The first-order chi connectivity index (χ1) is 10.6. The van der Waals surface area contributed by atoms with Gasteiger partial charge in [-0.2, -0.15) is 8.78 Å². The standard InChI is InChI=1S/C14H24F2N2O4/c1-2-20-9-12-8-18(5-6-21-12)14(19)17-10-3-4-11(7-10)22-13(15)16/h10-13H,2-9H2,1H3,(H,17,19). The predicted molar refractivity (Wildman–Crippen MR) is 74.9 cm³/mol. The molecule has 1 saturated carbocycles. The number of hydrogen-bond acceptors (Lipinski definition) is 4. The molecule has 0 bridgehead atoms. The van der Waals surface area contributed by atoms with Crippen molar-refractivity contribution < 1.29 is 27.8 Å². The van der Waals surface area contributed by atoms with E-state index in [9.17, 15) is 13.6 Å². The topological polar surface area (TPSA) is 60.0 Å². The van der Waals surface area contributed by atoms with Crippen LogP contribution in [0.4, 0.5) is 13.6 Å². The van der Waals surface area contributed by atoms with Crippen LogP contribution < -0.4 is 5.32 Å². The fourth-order valence-electron chi connectivity index (χ4n) is 2.86. The zero-order valence-corrected chi connectivity index (χ0v) is 12.8. The number of nitrogens with one attached hydrogen (secondary N) is 1. The average Bonchev–Trinajstić information content (AvgIpc) is 2.91. The molecule has 3 atom stereocenters. The Kier molecular flexibility index (Phi) is 6.78. The van der Waals surface area contributed by atoms with E-state index < -0.39 is 12.7 Å². The van der Waals surface area contributed by atoms with Crippen LogP contribution in [0.5, 0.6) is 0 Å². The predicted octanol–water partition coefficient (Wildman–Crippen LogP) is 1.59. The maximum atomic E-state index is 12.2. The quantitative estimate of drug-likeness (QED) is 0.807. The normalized spacial score (nSPS) is 29.1. The zero-order chi connectivity index (χ0) is 15.9. The van der Waals surface area contributed by atoms with Crippen LogP contribution in [-0.2, 0) is 14.2 Å². The van der Waals surface area contributed by atoms with Gasteiger partial charge in [0.2, 0.25) is 0 Å². The van der Waals surface area contributed by atoms with Gasteiger partial charge < -0.3 is 24.4 Å². The Morgan fingerprint density at radius 1 is 1.45 bits per heavy atom. The van der Waals surface area contributed by atoms with Crippen molar-refractivity contribution in [1.82, 2.24) is 10.2 Å². The molecule has 2 amide bonds. The van der Waals surface area contributed by atoms with Gasteiger partial charge in [-0.15, -0.1) is 0 Å². The molecule has 1 N–H and O–H groups in total. The zero-order valence-electron chi connectivity index (χ0n) is 12.8. The summed E-state index contributed by atoms with van der Waals surface area (Å²) in [6.45, 7) is 1.72. The number of urea groups is 1. The van der Waals surface area contributed by atoms with E-state index in [2.05, 4.69) is 10.1 Å². The van der Waals surface area contributed by atoms with E-state index in [1.165, 1.54) is 0 Å². The highest BCUT2D eigenvalue weighted by atomic mass is 19.3. The molecule has 2 aliphatic rings. The molecule has 22 heavy (non-hydrogen) atoms. The van der Waals surface area contributed by atoms with Gasteiger partial charge in [0.25, 0.3) is 0 Å². The summed E-state index contributed by atoms with van der Waals surface area (Å²) in [6, 6.07) is -0.281. The summed E-state index contributed by atoms with van der Waals surface area (Å²) in [5.41, 5.74) is 0. The average molecular weight is 322 g/mol. The lowest BCUT2D eigenvalue weighted by atomic mass is 10.2. The summed E-state index contributed by atoms with van der Waals surface area (Å²) in [5, 5.41) is 2.89. The maximum Gasteiger partial charge on any atom is 0.345 e. The van der Waals surface area contributed by atoms with E-state index in [0.29, 0.717) is 52.2 Å². The van der Waals surface area contributed by atoms with Gasteiger partial charge in [-0.05, 0) is 26.2 Å². The summed E-state index contributed by atoms with van der Waals surface area (Å²) in [6.07, 6.45) is 1.06. The van der Waals surface area contributed by atoms with Gasteiger partial charge in [0, 0.05) is 19.2 Å². The minimum atomic E-state index is -2.75. The van der Waals surface area contributed by atoms with Gasteiger partial charge in [0.15, 0.2) is 0 Å². The number of nitrogens with zero attached hydrogens (tertiary/aromatic N) is 1. The summed E-state index contributed by atoms with van der Waals surface area (Å²) < 4.78 is 39.7. The number of halogens is 2. The summed E-state index contributed by atoms with van der Waals surface area (Å²) in [4.78, 5) is 13.9. The van der Waals surface area contributed by atoms with E-state index in [-0.39, 0.29) is 18.2 Å². The Morgan fingerprint density at radius 3 is 3.00 bits per heavy atom. The van der Waals surface area contributed by atoms with Gasteiger partial charge in [-0.1, -0.05) is 0 Å². The van der Waals surface area contributed by atoms with E-state index in [1.807, 2.05) is 6.92 Å². The molecule has 0 aromatic rings. The molecule has 128 valence electrons. The molecule has 8 heteroatoms. The molecule has 2 rings (SSSR count). The lowest BCUT2D eigenvalue weighted by molar-refractivity contribution is -0.160. The van der Waals surface area contributed by atoms with E-state index in [0.717, 1.165) is 0 Å². The van der Waals surface area contributed by atoms with Gasteiger partial charge in [0.05, 0.1) is 32.0 Å². The Morgan fingerprint density at radius 2 is 2.27 bits per heavy atom. The van der Waals surface area contributed by atoms with Crippen molar-refractivity contribution in [2.45, 2.75) is 51.0 Å². The number of alkyl halides is 2. The Bertz CT molecular complexity index is 360. The highest BCUT2D eigenvalue weighted by Crippen LogP contribution is 2.24. The van der Waals surface area contributed by atoms with E-state index in [4.69, 9.17) is 9.47 Å². The maximum absolute atomic E-state index is 12.2. The monoisotopic (exact) mass is 322 g/mol. The first kappa shape index (κ1) is 17.4. The Balaban J connectivity index is 1.72. The molecule has 0 aromatic carbocycles. The molecule has 3 unspecified atom stereocenters. The minimum Gasteiger partial charge on any atom is -0.379 e. The lowest BCUT2D eigenvalue weighted by Crippen LogP contribution is -2.52. The van der Waals surface area contributed by atoms with Crippen molar-refractivity contribution in [3.8, 4) is 0 Å². The summed E-state index contributed by atoms with van der Waals surface area (Å²) in [7, 11) is 0. The highest BCUT2D eigenvalue weighted by Gasteiger charge is 2.31. The van der Waals surface area contributed by atoms with Crippen molar-refractivity contribution in [3.05, 3.63) is 0 Å². The number of ether oxygens (including phenoxy) is 3. The van der Waals surface area contributed by atoms with Crippen LogP contribution in [0.3, 0.4) is 0 Å². The van der Waals surface area contributed by atoms with E-state index >= 15 is 0 Å². The third kappa shape index (κ3) is 5.33. The van der Waals surface area contributed by atoms with E-state index in [1.54, 1.807) is 4.90 Å². The van der Waals surface area contributed by atoms with Crippen molar-refractivity contribution in [2.24, 2.45) is 0 Å². The fraction of sp³-hybridized carbons (Fsp3) is 0.929. The highest BCUT2D eigenvalue weighted by molar-refractivity contribution is 5.74. The first-order valence-electron chi connectivity index (χ1n) is 7.77. The number of rotatable bonds is 6. The third-order valence-electron chi connectivity index (χ3n) is 3.94. The van der Waals surface area contributed by atoms with Crippen LogP contribution in [0.25, 0.3) is 0 Å². The molecule has 0 spiro atoms. The van der Waals surface area contributed by atoms with Gasteiger partial charge in [0.1, 0.15) is 0 Å². The summed E-state index contributed by atoms with van der Waals surface area (Å²) >= 11 is 0. The Labute approximate surface area is 129 Å². The molecule has 0 aromatic heterocycles. The summed E-state index contributed by atoms with van der Waals surface area (Å²) in [5.74, 6) is 0. The van der Waals surface area contributed by atoms with Gasteiger partial charge >= 0.3 is 12.6 Å². The van der Waals surface area contributed by atoms with Crippen molar-refractivity contribution in [1.29, 1.82) is 0 Å². The molecule has 6 nitrogen and oxygen atoms in total. The molecular weight excluding hydrogens is 298 g/mol. The van der Waals surface area contributed by atoms with Crippen LogP contribution in [0.1, 0.15) is 26.2 Å². The van der Waals surface area contributed by atoms with Gasteiger partial charge in [-0.25, -0.2) is 4.79 Å². The molecule has 2 fully saturated rings. The Hall–Kier alpha value is -0.990. The van der Waals surface area contributed by atoms with Crippen LogP contribution >= 0.6 is 0 Å². The lowest BCUT2D eigenvalue weighted by Gasteiger charge is -2.33. The molecule has 1 saturated heterocycles. The van der Waals surface area contributed by atoms with Crippen LogP contribution in [-0.4, -0.2) is 68.7 Å². The number of hydrogen-bond donors (Lipinski definition) is 1.